The zero-order chi connectivity index (χ0) is 22.9. The number of hydrogen-bond donors (Lipinski definition) is 0. The molecular weight excluding hydrogens is 440 g/mol. The molecular formula is C29H29N2S2+. The van der Waals surface area contributed by atoms with Crippen LogP contribution in [0.15, 0.2) is 119 Å². The molecule has 0 unspecified atom stereocenters. The van der Waals surface area contributed by atoms with Gasteiger partial charge in [-0.2, -0.15) is 4.57 Å². The minimum atomic E-state index is 0.977. The first kappa shape index (κ1) is 23.1. The maximum absolute atomic E-state index is 2.35. The molecule has 0 N–H and O–H groups in total. The van der Waals surface area contributed by atoms with Gasteiger partial charge in [-0.15, -0.1) is 0 Å². The molecule has 0 saturated heterocycles. The summed E-state index contributed by atoms with van der Waals surface area (Å²) in [6, 6.07) is 17.2. The zero-order valence-corrected chi connectivity index (χ0v) is 20.7. The van der Waals surface area contributed by atoms with Crippen LogP contribution in [0, 0.1) is 0 Å². The Hall–Kier alpha value is -3.08. The van der Waals surface area contributed by atoms with Gasteiger partial charge in [0.05, 0.1) is 10.7 Å². The van der Waals surface area contributed by atoms with Crippen LogP contribution < -0.4 is 9.47 Å². The highest BCUT2D eigenvalue weighted by atomic mass is 32.2. The molecule has 0 atom stereocenters. The Kier molecular flexibility index (Phi) is 8.18. The first-order valence-corrected chi connectivity index (χ1v) is 13.0. The Morgan fingerprint density at radius 3 is 2.21 bits per heavy atom. The van der Waals surface area contributed by atoms with E-state index < -0.39 is 0 Å². The third kappa shape index (κ3) is 5.65. The topological polar surface area (TPSA) is 7.12 Å². The van der Waals surface area contributed by atoms with Gasteiger partial charge in [0, 0.05) is 23.6 Å². The highest BCUT2D eigenvalue weighted by Gasteiger charge is 2.22. The molecule has 0 bridgehead atoms. The monoisotopic (exact) mass is 469 g/mol. The number of nitrogens with zero attached hydrogens (tertiary/aromatic N) is 2. The first-order valence-electron chi connectivity index (χ1n) is 11.3. The van der Waals surface area contributed by atoms with E-state index in [9.17, 15) is 0 Å². The highest BCUT2D eigenvalue weighted by Crippen LogP contribution is 2.45. The van der Waals surface area contributed by atoms with Crippen LogP contribution in [0.5, 0.6) is 0 Å². The van der Waals surface area contributed by atoms with Crippen molar-refractivity contribution in [2.45, 2.75) is 25.3 Å². The minimum Gasteiger partial charge on any atom is -0.335 e. The quantitative estimate of drug-likeness (QED) is 0.244. The van der Waals surface area contributed by atoms with Gasteiger partial charge in [0.15, 0.2) is 0 Å². The standard InChI is InChI=1S/C29H29N2S2/c1-3-30-24-18-14-16-20-26(24)32-28(30)22-12-10-8-6-5-7-9-11-13-23-29-31(4-2)25-19-15-17-21-27(25)33-29/h5-23H,3-4H2,1-2H3/q+1. The molecule has 0 aliphatic carbocycles. The van der Waals surface area contributed by atoms with Crippen molar-refractivity contribution in [1.29, 1.82) is 0 Å². The van der Waals surface area contributed by atoms with Crippen molar-refractivity contribution in [2.24, 2.45) is 0 Å². The molecule has 0 saturated carbocycles. The van der Waals surface area contributed by atoms with Gasteiger partial charge >= 0.3 is 0 Å². The first-order chi connectivity index (χ1) is 16.3. The Bertz CT molecular complexity index is 1270. The van der Waals surface area contributed by atoms with Gasteiger partial charge in [0.25, 0.3) is 5.01 Å². The summed E-state index contributed by atoms with van der Waals surface area (Å²) in [5, 5.41) is 2.55. The molecule has 1 aliphatic heterocycles. The number of hydrogen-bond acceptors (Lipinski definition) is 3. The van der Waals surface area contributed by atoms with Crippen LogP contribution >= 0.6 is 23.1 Å². The van der Waals surface area contributed by atoms with E-state index in [1.54, 1.807) is 0 Å². The second-order valence-electron chi connectivity index (χ2n) is 7.37. The Labute approximate surface area is 205 Å². The second kappa shape index (κ2) is 11.7. The van der Waals surface area contributed by atoms with Crippen molar-refractivity contribution in [3.63, 3.8) is 0 Å². The molecule has 1 aliphatic rings. The van der Waals surface area contributed by atoms with Crippen molar-refractivity contribution in [1.82, 2.24) is 0 Å². The zero-order valence-electron chi connectivity index (χ0n) is 19.1. The summed E-state index contributed by atoms with van der Waals surface area (Å²) in [4.78, 5) is 3.68. The van der Waals surface area contributed by atoms with E-state index in [4.69, 9.17) is 0 Å². The number of anilines is 1. The molecule has 4 heteroatoms. The van der Waals surface area contributed by atoms with E-state index in [1.165, 1.54) is 30.8 Å². The van der Waals surface area contributed by atoms with Crippen LogP contribution in [-0.2, 0) is 6.54 Å². The minimum absolute atomic E-state index is 0.977. The van der Waals surface area contributed by atoms with E-state index in [-0.39, 0.29) is 0 Å². The smallest absolute Gasteiger partial charge is 0.262 e. The largest absolute Gasteiger partial charge is 0.335 e. The summed E-state index contributed by atoms with van der Waals surface area (Å²) in [5.41, 5.74) is 2.61. The summed E-state index contributed by atoms with van der Waals surface area (Å²) in [5.74, 6) is 0. The van der Waals surface area contributed by atoms with Crippen molar-refractivity contribution in [3.8, 4) is 0 Å². The predicted molar refractivity (Wildman–Crippen MR) is 147 cm³/mol. The SMILES string of the molecule is CCN1/C(=C/C=C/C=C/C=C/C=C/C=C/c2sc3ccccc3[n+]2CC)Sc2ccccc21. The molecule has 3 aromatic rings. The molecule has 33 heavy (non-hydrogen) atoms. The van der Waals surface area contributed by atoms with E-state index >= 15 is 0 Å². The number of aryl methyl sites for hydroxylation is 1. The third-order valence-corrected chi connectivity index (χ3v) is 7.53. The van der Waals surface area contributed by atoms with Crippen LogP contribution in [0.1, 0.15) is 18.9 Å². The maximum Gasteiger partial charge on any atom is 0.262 e. The number of benzene rings is 2. The fourth-order valence-corrected chi connectivity index (χ4v) is 6.01. The lowest BCUT2D eigenvalue weighted by Gasteiger charge is -2.17. The summed E-state index contributed by atoms with van der Waals surface area (Å²) in [7, 11) is 0. The predicted octanol–water partition coefficient (Wildman–Crippen LogP) is 7.92. The van der Waals surface area contributed by atoms with E-state index in [0.717, 1.165) is 13.1 Å². The lowest BCUT2D eigenvalue weighted by Crippen LogP contribution is -2.33. The average molecular weight is 470 g/mol. The van der Waals surface area contributed by atoms with Gasteiger partial charge in [-0.25, -0.2) is 0 Å². The normalized spacial score (nSPS) is 15.7. The Morgan fingerprint density at radius 1 is 0.788 bits per heavy atom. The molecule has 4 rings (SSSR count). The van der Waals surface area contributed by atoms with E-state index in [0.29, 0.717) is 0 Å². The van der Waals surface area contributed by atoms with Gasteiger partial charge in [-0.05, 0) is 38.1 Å². The molecule has 0 amide bonds. The highest BCUT2D eigenvalue weighted by molar-refractivity contribution is 8.03. The average Bonchev–Trinajstić information content (AvgIpc) is 3.39. The molecule has 166 valence electrons. The number of para-hydroxylation sites is 2. The van der Waals surface area contributed by atoms with Crippen molar-refractivity contribution in [3.05, 3.63) is 119 Å². The van der Waals surface area contributed by atoms with Crippen molar-refractivity contribution >= 4 is 45.1 Å². The summed E-state index contributed by atoms with van der Waals surface area (Å²) >= 11 is 3.66. The number of aromatic nitrogens is 1. The fourth-order valence-electron chi connectivity index (χ4n) is 3.73. The molecule has 1 aromatic heterocycles. The molecule has 0 spiro atoms. The number of thiazole rings is 1. The summed E-state index contributed by atoms with van der Waals surface area (Å²) < 4.78 is 3.68. The number of fused-ring (bicyclic) bond motifs is 2. The molecule has 0 radical (unpaired) electrons. The number of allylic oxidation sites excluding steroid dienone is 10. The van der Waals surface area contributed by atoms with Gasteiger partial charge in [0.2, 0.25) is 5.52 Å². The van der Waals surface area contributed by atoms with Crippen LogP contribution in [0.25, 0.3) is 16.3 Å². The summed E-state index contributed by atoms with van der Waals surface area (Å²) in [6.45, 7) is 6.34. The van der Waals surface area contributed by atoms with Gasteiger partial charge in [-0.3, -0.25) is 0 Å². The number of thioether (sulfide) groups is 1. The van der Waals surface area contributed by atoms with Crippen LogP contribution in [-0.4, -0.2) is 6.54 Å². The third-order valence-electron chi connectivity index (χ3n) is 5.27. The molecule has 2 aromatic carbocycles. The number of rotatable bonds is 8. The van der Waals surface area contributed by atoms with Crippen molar-refractivity contribution < 1.29 is 4.57 Å². The lowest BCUT2D eigenvalue weighted by atomic mass is 10.3. The molecule has 0 fully saturated rings. The Morgan fingerprint density at radius 2 is 1.45 bits per heavy atom. The maximum atomic E-state index is 2.35. The summed E-state index contributed by atoms with van der Waals surface area (Å²) in [6.07, 6.45) is 23.0. The van der Waals surface area contributed by atoms with Crippen LogP contribution in [0.4, 0.5) is 5.69 Å². The fraction of sp³-hybridized carbons (Fsp3) is 0.138. The van der Waals surface area contributed by atoms with Crippen LogP contribution in [0.3, 0.4) is 0 Å². The molecule has 2 nitrogen and oxygen atoms in total. The lowest BCUT2D eigenvalue weighted by molar-refractivity contribution is -0.665. The van der Waals surface area contributed by atoms with E-state index in [1.807, 2.05) is 41.3 Å². The molecule has 2 heterocycles. The second-order valence-corrected chi connectivity index (χ2v) is 9.49. The van der Waals surface area contributed by atoms with E-state index in [2.05, 4.69) is 120 Å². The van der Waals surface area contributed by atoms with Gasteiger partial charge in [0.1, 0.15) is 11.2 Å². The van der Waals surface area contributed by atoms with Crippen molar-refractivity contribution in [2.75, 3.05) is 11.4 Å². The van der Waals surface area contributed by atoms with Gasteiger partial charge in [-0.1, -0.05) is 102 Å². The van der Waals surface area contributed by atoms with Crippen LogP contribution in [0.2, 0.25) is 0 Å². The van der Waals surface area contributed by atoms with Gasteiger partial charge < -0.3 is 4.90 Å². The Balaban J connectivity index is 1.27.